The number of hydrogen-bond donors (Lipinski definition) is 1. The molecule has 0 spiro atoms. The summed E-state index contributed by atoms with van der Waals surface area (Å²) in [5.41, 5.74) is 0.309. The highest BCUT2D eigenvalue weighted by Gasteiger charge is 2.25. The second-order valence-electron chi connectivity index (χ2n) is 6.26. The zero-order valence-corrected chi connectivity index (χ0v) is 12.5. The summed E-state index contributed by atoms with van der Waals surface area (Å²) in [5, 5.41) is 3.43. The lowest BCUT2D eigenvalue weighted by atomic mass is 10.1. The van der Waals surface area contributed by atoms with Crippen molar-refractivity contribution in [3.63, 3.8) is 0 Å². The monoisotopic (exact) mass is 265 g/mol. The number of furan rings is 1. The Morgan fingerprint density at radius 2 is 1.95 bits per heavy atom. The van der Waals surface area contributed by atoms with E-state index in [1.807, 2.05) is 12.1 Å². The van der Waals surface area contributed by atoms with Gasteiger partial charge in [0, 0.05) is 44.8 Å². The molecule has 1 aromatic heterocycles. The van der Waals surface area contributed by atoms with Gasteiger partial charge >= 0.3 is 0 Å². The van der Waals surface area contributed by atoms with Crippen LogP contribution in [0, 0.1) is 0 Å². The quantitative estimate of drug-likeness (QED) is 0.823. The average molecular weight is 265 g/mol. The highest BCUT2D eigenvalue weighted by atomic mass is 16.3. The van der Waals surface area contributed by atoms with Gasteiger partial charge in [-0.25, -0.2) is 0 Å². The summed E-state index contributed by atoms with van der Waals surface area (Å²) in [5.74, 6) is 1.01. The number of nitrogens with one attached hydrogen (secondary N) is 1. The van der Waals surface area contributed by atoms with Gasteiger partial charge in [-0.15, -0.1) is 0 Å². The summed E-state index contributed by atoms with van der Waals surface area (Å²) in [6.45, 7) is 14.6. The first-order valence-electron chi connectivity index (χ1n) is 7.26. The van der Waals surface area contributed by atoms with Crippen LogP contribution >= 0.6 is 0 Å². The van der Waals surface area contributed by atoms with Gasteiger partial charge in [0.25, 0.3) is 0 Å². The van der Waals surface area contributed by atoms with Gasteiger partial charge in [-0.3, -0.25) is 9.80 Å². The first kappa shape index (κ1) is 14.6. The molecule has 0 amide bonds. The molecule has 1 aliphatic rings. The van der Waals surface area contributed by atoms with E-state index in [4.69, 9.17) is 4.42 Å². The van der Waals surface area contributed by atoms with Gasteiger partial charge < -0.3 is 9.73 Å². The van der Waals surface area contributed by atoms with Crippen molar-refractivity contribution in [1.29, 1.82) is 0 Å². The molecule has 0 saturated carbocycles. The van der Waals surface area contributed by atoms with Crippen LogP contribution in [0.5, 0.6) is 0 Å². The number of rotatable bonds is 5. The van der Waals surface area contributed by atoms with Crippen molar-refractivity contribution in [3.05, 3.63) is 24.2 Å². The van der Waals surface area contributed by atoms with Gasteiger partial charge in [-0.2, -0.15) is 0 Å². The maximum atomic E-state index is 5.29. The van der Waals surface area contributed by atoms with Gasteiger partial charge in [-0.1, -0.05) is 0 Å². The number of nitrogens with zero attached hydrogens (tertiary/aromatic N) is 2. The van der Waals surface area contributed by atoms with Crippen molar-refractivity contribution in [1.82, 2.24) is 15.1 Å². The van der Waals surface area contributed by atoms with Crippen LogP contribution in [0.25, 0.3) is 0 Å². The van der Waals surface area contributed by atoms with E-state index in [-0.39, 0.29) is 0 Å². The Bertz CT molecular complexity index is 348. The van der Waals surface area contributed by atoms with E-state index in [1.54, 1.807) is 6.26 Å². The Balaban J connectivity index is 1.58. The minimum Gasteiger partial charge on any atom is -0.468 e. The second-order valence-corrected chi connectivity index (χ2v) is 6.26. The molecule has 1 fully saturated rings. The molecular weight excluding hydrogens is 238 g/mol. The number of piperazine rings is 1. The van der Waals surface area contributed by atoms with E-state index in [2.05, 4.69) is 35.9 Å². The Morgan fingerprint density at radius 3 is 2.53 bits per heavy atom. The normalized spacial score (nSPS) is 18.9. The standard InChI is InChI=1S/C15H27N3O/c1-15(2,3)18-10-8-17(9-11-18)7-6-16-13-14-5-4-12-19-14/h4-5,12,16H,6-11,13H2,1-3H3. The maximum absolute atomic E-state index is 5.29. The molecule has 1 N–H and O–H groups in total. The fourth-order valence-corrected chi connectivity index (χ4v) is 2.50. The zero-order chi connectivity index (χ0) is 13.7. The van der Waals surface area contributed by atoms with Gasteiger partial charge in [0.15, 0.2) is 0 Å². The average Bonchev–Trinajstić information content (AvgIpc) is 2.87. The highest BCUT2D eigenvalue weighted by Crippen LogP contribution is 2.15. The van der Waals surface area contributed by atoms with E-state index in [0.717, 1.165) is 25.4 Å². The van der Waals surface area contributed by atoms with Crippen molar-refractivity contribution in [2.24, 2.45) is 0 Å². The van der Waals surface area contributed by atoms with Gasteiger partial charge in [0.2, 0.25) is 0 Å². The maximum Gasteiger partial charge on any atom is 0.117 e. The zero-order valence-electron chi connectivity index (χ0n) is 12.5. The van der Waals surface area contributed by atoms with Crippen molar-refractivity contribution >= 4 is 0 Å². The van der Waals surface area contributed by atoms with Crippen LogP contribution in [-0.2, 0) is 6.54 Å². The fraction of sp³-hybridized carbons (Fsp3) is 0.733. The smallest absolute Gasteiger partial charge is 0.117 e. The van der Waals surface area contributed by atoms with Crippen LogP contribution in [0.2, 0.25) is 0 Å². The predicted octanol–water partition coefficient (Wildman–Crippen LogP) is 1.79. The third-order valence-electron chi connectivity index (χ3n) is 3.81. The molecule has 2 heterocycles. The molecular formula is C15H27N3O. The lowest BCUT2D eigenvalue weighted by Crippen LogP contribution is -2.54. The molecule has 108 valence electrons. The van der Waals surface area contributed by atoms with E-state index in [1.165, 1.54) is 26.2 Å². The molecule has 1 aliphatic heterocycles. The van der Waals surface area contributed by atoms with Crippen LogP contribution in [0.3, 0.4) is 0 Å². The Kier molecular flexibility index (Phi) is 5.02. The Labute approximate surface area is 116 Å². The third kappa shape index (κ3) is 4.64. The highest BCUT2D eigenvalue weighted by molar-refractivity contribution is 4.97. The van der Waals surface area contributed by atoms with Crippen LogP contribution in [0.1, 0.15) is 26.5 Å². The molecule has 4 heteroatoms. The molecule has 2 rings (SSSR count). The molecule has 0 bridgehead atoms. The molecule has 0 unspecified atom stereocenters. The van der Waals surface area contributed by atoms with Gasteiger partial charge in [0.1, 0.15) is 5.76 Å². The van der Waals surface area contributed by atoms with Gasteiger partial charge in [0.05, 0.1) is 12.8 Å². The topological polar surface area (TPSA) is 31.6 Å². The van der Waals surface area contributed by atoms with Crippen LogP contribution < -0.4 is 5.32 Å². The SMILES string of the molecule is CC(C)(C)N1CCN(CCNCc2ccco2)CC1. The first-order valence-corrected chi connectivity index (χ1v) is 7.26. The molecule has 0 aromatic carbocycles. The van der Waals surface area contributed by atoms with Crippen molar-refractivity contribution in [2.45, 2.75) is 32.9 Å². The van der Waals surface area contributed by atoms with Crippen LogP contribution in [0.15, 0.2) is 22.8 Å². The lowest BCUT2D eigenvalue weighted by Gasteiger charge is -2.42. The van der Waals surface area contributed by atoms with E-state index < -0.39 is 0 Å². The fourth-order valence-electron chi connectivity index (χ4n) is 2.50. The third-order valence-corrected chi connectivity index (χ3v) is 3.81. The summed E-state index contributed by atoms with van der Waals surface area (Å²) >= 11 is 0. The van der Waals surface area contributed by atoms with Crippen molar-refractivity contribution < 1.29 is 4.42 Å². The summed E-state index contributed by atoms with van der Waals surface area (Å²) in [6.07, 6.45) is 1.72. The summed E-state index contributed by atoms with van der Waals surface area (Å²) in [4.78, 5) is 5.11. The largest absolute Gasteiger partial charge is 0.468 e. The van der Waals surface area contributed by atoms with Crippen molar-refractivity contribution in [2.75, 3.05) is 39.3 Å². The summed E-state index contributed by atoms with van der Waals surface area (Å²) in [7, 11) is 0. The van der Waals surface area contributed by atoms with Crippen LogP contribution in [0.4, 0.5) is 0 Å². The van der Waals surface area contributed by atoms with E-state index in [9.17, 15) is 0 Å². The minimum absolute atomic E-state index is 0.309. The number of hydrogen-bond acceptors (Lipinski definition) is 4. The van der Waals surface area contributed by atoms with Crippen LogP contribution in [-0.4, -0.2) is 54.6 Å². The van der Waals surface area contributed by atoms with E-state index >= 15 is 0 Å². The molecule has 4 nitrogen and oxygen atoms in total. The first-order chi connectivity index (χ1) is 9.05. The Morgan fingerprint density at radius 1 is 1.21 bits per heavy atom. The molecule has 0 atom stereocenters. The molecule has 19 heavy (non-hydrogen) atoms. The lowest BCUT2D eigenvalue weighted by molar-refractivity contribution is 0.0627. The molecule has 1 saturated heterocycles. The molecule has 1 aromatic rings. The molecule has 0 aliphatic carbocycles. The Hall–Kier alpha value is -0.840. The molecule has 0 radical (unpaired) electrons. The predicted molar refractivity (Wildman–Crippen MR) is 78.2 cm³/mol. The van der Waals surface area contributed by atoms with Gasteiger partial charge in [-0.05, 0) is 32.9 Å². The minimum atomic E-state index is 0.309. The van der Waals surface area contributed by atoms with Crippen molar-refractivity contribution in [3.8, 4) is 0 Å². The summed E-state index contributed by atoms with van der Waals surface area (Å²) in [6, 6.07) is 3.94. The second kappa shape index (κ2) is 6.55. The van der Waals surface area contributed by atoms with E-state index in [0.29, 0.717) is 5.54 Å². The summed E-state index contributed by atoms with van der Waals surface area (Å²) < 4.78 is 5.29.